The number of ether oxygens (including phenoxy) is 1. The fourth-order valence-electron chi connectivity index (χ4n) is 2.65. The first kappa shape index (κ1) is 16.1. The number of benzene rings is 2. The summed E-state index contributed by atoms with van der Waals surface area (Å²) in [6.07, 6.45) is 0.397. The summed E-state index contributed by atoms with van der Waals surface area (Å²) < 4.78 is 5.35. The summed E-state index contributed by atoms with van der Waals surface area (Å²) in [5.41, 5.74) is 1.59. The van der Waals surface area contributed by atoms with Gasteiger partial charge in [0.05, 0.1) is 12.8 Å². The summed E-state index contributed by atoms with van der Waals surface area (Å²) >= 11 is 0. The number of hydrogen-bond donors (Lipinski definition) is 1. The largest absolute Gasteiger partial charge is 0.496 e. The number of rotatable bonds is 5. The zero-order chi connectivity index (χ0) is 17.0. The van der Waals surface area contributed by atoms with Crippen molar-refractivity contribution in [3.05, 3.63) is 65.7 Å². The van der Waals surface area contributed by atoms with E-state index >= 15 is 0 Å². The van der Waals surface area contributed by atoms with E-state index in [9.17, 15) is 4.79 Å². The van der Waals surface area contributed by atoms with Gasteiger partial charge in [-0.3, -0.25) is 4.79 Å². The highest BCUT2D eigenvalue weighted by Gasteiger charge is 2.42. The van der Waals surface area contributed by atoms with E-state index < -0.39 is 5.60 Å². The van der Waals surface area contributed by atoms with Crippen molar-refractivity contribution in [3.63, 3.8) is 0 Å². The Morgan fingerprint density at radius 1 is 1.21 bits per heavy atom. The van der Waals surface area contributed by atoms with Gasteiger partial charge in [0, 0.05) is 18.5 Å². The van der Waals surface area contributed by atoms with Crippen molar-refractivity contribution in [2.45, 2.75) is 25.5 Å². The minimum absolute atomic E-state index is 0.181. The third kappa shape index (κ3) is 3.25. The van der Waals surface area contributed by atoms with Crippen LogP contribution in [0, 0.1) is 0 Å². The molecule has 1 aliphatic rings. The van der Waals surface area contributed by atoms with Gasteiger partial charge >= 0.3 is 0 Å². The number of nitrogens with zero attached hydrogens (tertiary/aromatic N) is 1. The summed E-state index contributed by atoms with van der Waals surface area (Å²) in [6.45, 7) is 2.21. The van der Waals surface area contributed by atoms with E-state index in [0.29, 0.717) is 24.4 Å². The molecule has 1 atom stereocenters. The van der Waals surface area contributed by atoms with Crippen molar-refractivity contribution in [3.8, 4) is 5.75 Å². The molecule has 24 heavy (non-hydrogen) atoms. The molecule has 0 fully saturated rings. The third-order valence-electron chi connectivity index (χ3n) is 4.06. The van der Waals surface area contributed by atoms with Gasteiger partial charge < -0.3 is 14.9 Å². The fourth-order valence-corrected chi connectivity index (χ4v) is 2.65. The van der Waals surface area contributed by atoms with Crippen LogP contribution in [0.25, 0.3) is 0 Å². The lowest BCUT2D eigenvalue weighted by atomic mass is 9.94. The van der Waals surface area contributed by atoms with Crippen molar-refractivity contribution >= 4 is 11.6 Å². The molecule has 0 saturated carbocycles. The maximum absolute atomic E-state index is 12.5. The Bertz CT molecular complexity index is 758. The minimum Gasteiger partial charge on any atom is -0.496 e. The van der Waals surface area contributed by atoms with Gasteiger partial charge in [-0.15, -0.1) is 0 Å². The minimum atomic E-state index is -1.01. The molecular formula is C19H20N2O3. The molecule has 1 unspecified atom stereocenters. The first-order chi connectivity index (χ1) is 11.6. The van der Waals surface area contributed by atoms with Crippen LogP contribution in [0.3, 0.4) is 0 Å². The number of carbonyl (C=O) groups is 1. The Morgan fingerprint density at radius 3 is 2.67 bits per heavy atom. The molecule has 0 aliphatic carbocycles. The van der Waals surface area contributed by atoms with Crippen LogP contribution in [0.4, 0.5) is 0 Å². The van der Waals surface area contributed by atoms with E-state index in [-0.39, 0.29) is 5.91 Å². The standard InChI is InChI=1S/C19H20N2O3/c1-19(18(22)20-13-14-8-4-3-5-9-14)12-16(21-24-19)15-10-6-7-11-17(15)23-2/h3-11H,12-13H2,1-2H3,(H,20,22). The second-order valence-corrected chi connectivity index (χ2v) is 5.91. The SMILES string of the molecule is COc1ccccc1C1=NOC(C)(C(=O)NCc2ccccc2)C1. The van der Waals surface area contributed by atoms with Crippen molar-refractivity contribution in [1.29, 1.82) is 0 Å². The zero-order valence-electron chi connectivity index (χ0n) is 13.8. The summed E-state index contributed by atoms with van der Waals surface area (Å²) in [5, 5.41) is 7.03. The molecule has 2 aromatic rings. The van der Waals surface area contributed by atoms with Crippen LogP contribution < -0.4 is 10.1 Å². The Morgan fingerprint density at radius 2 is 1.92 bits per heavy atom. The Labute approximate surface area is 141 Å². The number of para-hydroxylation sites is 1. The fraction of sp³-hybridized carbons (Fsp3) is 0.263. The highest BCUT2D eigenvalue weighted by molar-refractivity contribution is 6.07. The Balaban J connectivity index is 1.67. The predicted molar refractivity (Wildman–Crippen MR) is 91.9 cm³/mol. The molecule has 0 aromatic heterocycles. The number of carbonyl (C=O) groups excluding carboxylic acids is 1. The molecule has 3 rings (SSSR count). The number of nitrogens with one attached hydrogen (secondary N) is 1. The molecule has 2 aromatic carbocycles. The van der Waals surface area contributed by atoms with E-state index in [2.05, 4.69) is 10.5 Å². The molecule has 5 nitrogen and oxygen atoms in total. The van der Waals surface area contributed by atoms with Gasteiger partial charge in [-0.25, -0.2) is 0 Å². The van der Waals surface area contributed by atoms with E-state index in [4.69, 9.17) is 9.57 Å². The highest BCUT2D eigenvalue weighted by Crippen LogP contribution is 2.30. The van der Waals surface area contributed by atoms with E-state index in [0.717, 1.165) is 11.1 Å². The van der Waals surface area contributed by atoms with Gasteiger partial charge in [-0.05, 0) is 24.6 Å². The maximum Gasteiger partial charge on any atom is 0.267 e. The highest BCUT2D eigenvalue weighted by atomic mass is 16.7. The molecule has 1 amide bonds. The predicted octanol–water partition coefficient (Wildman–Crippen LogP) is 2.89. The van der Waals surface area contributed by atoms with Crippen molar-refractivity contribution in [2.75, 3.05) is 7.11 Å². The second-order valence-electron chi connectivity index (χ2n) is 5.91. The van der Waals surface area contributed by atoms with Crippen LogP contribution in [-0.4, -0.2) is 24.3 Å². The summed E-state index contributed by atoms with van der Waals surface area (Å²) in [6, 6.07) is 17.3. The average Bonchev–Trinajstić information content (AvgIpc) is 3.04. The second kappa shape index (κ2) is 6.74. The zero-order valence-corrected chi connectivity index (χ0v) is 13.8. The molecule has 0 spiro atoms. The first-order valence-electron chi connectivity index (χ1n) is 7.83. The average molecular weight is 324 g/mol. The quantitative estimate of drug-likeness (QED) is 0.920. The normalized spacial score (nSPS) is 19.3. The Kier molecular flexibility index (Phi) is 4.51. The van der Waals surface area contributed by atoms with Crippen LogP contribution in [0.2, 0.25) is 0 Å². The van der Waals surface area contributed by atoms with E-state index in [1.165, 1.54) is 0 Å². The number of methoxy groups -OCH3 is 1. The van der Waals surface area contributed by atoms with Gasteiger partial charge in [0.15, 0.2) is 0 Å². The monoisotopic (exact) mass is 324 g/mol. The molecule has 1 aliphatic heterocycles. The number of hydrogen-bond acceptors (Lipinski definition) is 4. The van der Waals surface area contributed by atoms with Crippen LogP contribution in [0.5, 0.6) is 5.75 Å². The van der Waals surface area contributed by atoms with Crippen LogP contribution in [-0.2, 0) is 16.2 Å². The lowest BCUT2D eigenvalue weighted by molar-refractivity contribution is -0.141. The number of amides is 1. The molecule has 1 N–H and O–H groups in total. The topological polar surface area (TPSA) is 59.9 Å². The van der Waals surface area contributed by atoms with Crippen LogP contribution >= 0.6 is 0 Å². The van der Waals surface area contributed by atoms with Crippen LogP contribution in [0.1, 0.15) is 24.5 Å². The first-order valence-corrected chi connectivity index (χ1v) is 7.83. The molecule has 5 heteroatoms. The van der Waals surface area contributed by atoms with Gasteiger partial charge in [-0.2, -0.15) is 0 Å². The molecule has 0 radical (unpaired) electrons. The van der Waals surface area contributed by atoms with E-state index in [1.54, 1.807) is 14.0 Å². The molecule has 0 saturated heterocycles. The third-order valence-corrected chi connectivity index (χ3v) is 4.06. The molecule has 0 bridgehead atoms. The van der Waals surface area contributed by atoms with Gasteiger partial charge in [0.1, 0.15) is 5.75 Å². The summed E-state index contributed by atoms with van der Waals surface area (Å²) in [5.74, 6) is 0.536. The van der Waals surface area contributed by atoms with Crippen molar-refractivity contribution in [2.24, 2.45) is 5.16 Å². The van der Waals surface area contributed by atoms with Gasteiger partial charge in [0.25, 0.3) is 5.91 Å². The van der Waals surface area contributed by atoms with Gasteiger partial charge in [0.2, 0.25) is 5.60 Å². The van der Waals surface area contributed by atoms with Gasteiger partial charge in [-0.1, -0.05) is 47.6 Å². The maximum atomic E-state index is 12.5. The van der Waals surface area contributed by atoms with Crippen molar-refractivity contribution < 1.29 is 14.4 Å². The summed E-state index contributed by atoms with van der Waals surface area (Å²) in [4.78, 5) is 18.0. The molecule has 1 heterocycles. The van der Waals surface area contributed by atoms with Crippen molar-refractivity contribution in [1.82, 2.24) is 5.32 Å². The lowest BCUT2D eigenvalue weighted by Gasteiger charge is -2.20. The summed E-state index contributed by atoms with van der Waals surface area (Å²) in [7, 11) is 1.61. The smallest absolute Gasteiger partial charge is 0.267 e. The van der Waals surface area contributed by atoms with E-state index in [1.807, 2.05) is 54.6 Å². The molecular weight excluding hydrogens is 304 g/mol. The molecule has 124 valence electrons. The van der Waals surface area contributed by atoms with Crippen LogP contribution in [0.15, 0.2) is 59.8 Å². The lowest BCUT2D eigenvalue weighted by Crippen LogP contribution is -2.44. The number of oxime groups is 1. The Hall–Kier alpha value is -2.82.